The Bertz CT molecular complexity index is 1290. The van der Waals surface area contributed by atoms with Crippen molar-refractivity contribution in [3.05, 3.63) is 70.0 Å². The summed E-state index contributed by atoms with van der Waals surface area (Å²) in [6, 6.07) is 11.2. The Hall–Kier alpha value is -3.26. The van der Waals surface area contributed by atoms with Gasteiger partial charge < -0.3 is 15.3 Å². The SMILES string of the molecule is CCC[C@H](c1ccc(C(=O)NCCC(=O)O)cc1)N1C(=O)C(c2ccc(F)c(Cl)c2)=NC12CCC(C(C)C)CC2. The van der Waals surface area contributed by atoms with E-state index in [0.717, 1.165) is 37.7 Å². The molecular weight excluding hydrogens is 533 g/mol. The lowest BCUT2D eigenvalue weighted by atomic mass is 9.76. The average Bonchev–Trinajstić information content (AvgIpc) is 3.20. The molecule has 0 unspecified atom stereocenters. The van der Waals surface area contributed by atoms with E-state index in [9.17, 15) is 18.8 Å². The third-order valence-corrected chi connectivity index (χ3v) is 8.50. The van der Waals surface area contributed by atoms with E-state index >= 15 is 0 Å². The quantitative estimate of drug-likeness (QED) is 0.346. The highest BCUT2D eigenvalue weighted by molar-refractivity contribution is 6.47. The van der Waals surface area contributed by atoms with Gasteiger partial charge in [0, 0.05) is 17.7 Å². The van der Waals surface area contributed by atoms with Crippen LogP contribution in [0.3, 0.4) is 0 Å². The number of nitrogens with one attached hydrogen (secondary N) is 1. The predicted molar refractivity (Wildman–Crippen MR) is 153 cm³/mol. The minimum absolute atomic E-state index is 0.0457. The summed E-state index contributed by atoms with van der Waals surface area (Å²) in [5.41, 5.74) is 1.43. The lowest BCUT2D eigenvalue weighted by molar-refractivity contribution is -0.137. The normalized spacial score (nSPS) is 21.6. The molecule has 2 amide bonds. The highest BCUT2D eigenvalue weighted by Crippen LogP contribution is 2.48. The van der Waals surface area contributed by atoms with E-state index in [4.69, 9.17) is 21.7 Å². The van der Waals surface area contributed by atoms with Crippen LogP contribution in [0.5, 0.6) is 0 Å². The van der Waals surface area contributed by atoms with E-state index in [1.165, 1.54) is 12.1 Å². The van der Waals surface area contributed by atoms with Crippen molar-refractivity contribution in [2.75, 3.05) is 6.54 Å². The molecule has 0 bridgehead atoms. The topological polar surface area (TPSA) is 99.1 Å². The second-order valence-electron chi connectivity index (χ2n) is 11.2. The smallest absolute Gasteiger partial charge is 0.305 e. The Morgan fingerprint density at radius 2 is 1.85 bits per heavy atom. The van der Waals surface area contributed by atoms with Crippen molar-refractivity contribution in [1.82, 2.24) is 10.2 Å². The first-order valence-electron chi connectivity index (χ1n) is 14.0. The molecule has 1 heterocycles. The lowest BCUT2D eigenvalue weighted by Crippen LogP contribution is -2.51. The number of aliphatic carboxylic acids is 1. The third-order valence-electron chi connectivity index (χ3n) is 8.21. The Labute approximate surface area is 239 Å². The fraction of sp³-hybridized carbons (Fsp3) is 0.484. The summed E-state index contributed by atoms with van der Waals surface area (Å²) in [5.74, 6) is -0.960. The highest BCUT2D eigenvalue weighted by Gasteiger charge is 2.52. The molecular formula is C31H37ClFN3O4. The van der Waals surface area contributed by atoms with Crippen LogP contribution in [0, 0.1) is 17.7 Å². The van der Waals surface area contributed by atoms with Crippen LogP contribution >= 0.6 is 11.6 Å². The summed E-state index contributed by atoms with van der Waals surface area (Å²) < 4.78 is 13.9. The van der Waals surface area contributed by atoms with Crippen LogP contribution in [0.2, 0.25) is 5.02 Å². The lowest BCUT2D eigenvalue weighted by Gasteiger charge is -2.46. The van der Waals surface area contributed by atoms with Gasteiger partial charge in [-0.3, -0.25) is 19.4 Å². The van der Waals surface area contributed by atoms with E-state index in [0.29, 0.717) is 35.1 Å². The monoisotopic (exact) mass is 569 g/mol. The van der Waals surface area contributed by atoms with Gasteiger partial charge in [-0.05, 0) is 79.8 Å². The fourth-order valence-electron chi connectivity index (χ4n) is 5.96. The first kappa shape index (κ1) is 29.7. The molecule has 1 fully saturated rings. The molecule has 1 saturated carbocycles. The summed E-state index contributed by atoms with van der Waals surface area (Å²) >= 11 is 6.09. The maximum atomic E-state index is 14.2. The van der Waals surface area contributed by atoms with Gasteiger partial charge >= 0.3 is 5.97 Å². The number of carbonyl (C=O) groups is 3. The van der Waals surface area contributed by atoms with Gasteiger partial charge in [0.2, 0.25) is 0 Å². The first-order valence-corrected chi connectivity index (χ1v) is 14.4. The number of amides is 2. The molecule has 2 aromatic carbocycles. The van der Waals surface area contributed by atoms with E-state index in [2.05, 4.69) is 26.1 Å². The summed E-state index contributed by atoms with van der Waals surface area (Å²) in [4.78, 5) is 44.5. The van der Waals surface area contributed by atoms with Crippen molar-refractivity contribution in [2.45, 2.75) is 77.4 Å². The van der Waals surface area contributed by atoms with Crippen molar-refractivity contribution >= 4 is 35.1 Å². The van der Waals surface area contributed by atoms with Crippen molar-refractivity contribution in [3.63, 3.8) is 0 Å². The molecule has 9 heteroatoms. The third kappa shape index (κ3) is 6.22. The second kappa shape index (κ2) is 12.5. The number of carboxylic acids is 1. The van der Waals surface area contributed by atoms with E-state index in [1.54, 1.807) is 18.2 Å². The zero-order chi connectivity index (χ0) is 29.0. The van der Waals surface area contributed by atoms with Crippen LogP contribution in [-0.2, 0) is 9.59 Å². The van der Waals surface area contributed by atoms with Crippen LogP contribution in [0.25, 0.3) is 0 Å². The molecule has 1 atom stereocenters. The Kier molecular flexibility index (Phi) is 9.29. The van der Waals surface area contributed by atoms with E-state index in [1.807, 2.05) is 17.0 Å². The largest absolute Gasteiger partial charge is 0.481 e. The van der Waals surface area contributed by atoms with Gasteiger partial charge in [-0.25, -0.2) is 4.39 Å². The predicted octanol–water partition coefficient (Wildman–Crippen LogP) is 6.40. The summed E-state index contributed by atoms with van der Waals surface area (Å²) in [6.07, 6.45) is 4.77. The molecule has 7 nitrogen and oxygen atoms in total. The van der Waals surface area contributed by atoms with Gasteiger partial charge in [0.15, 0.2) is 0 Å². The Balaban J connectivity index is 1.67. The standard InChI is InChI=1S/C31H37ClFN3O4/c1-4-5-26(21-6-8-22(9-7-21)29(39)34-17-14-27(37)38)36-30(40)28(23-10-11-25(33)24(32)18-23)35-31(36)15-12-20(13-16-31)19(2)3/h6-11,18-20,26H,4-5,12-17H2,1-3H3,(H,34,39)(H,37,38)/t20?,26-,31?/m1/s1. The summed E-state index contributed by atoms with van der Waals surface area (Å²) in [7, 11) is 0. The Morgan fingerprint density at radius 3 is 2.42 bits per heavy atom. The zero-order valence-corrected chi connectivity index (χ0v) is 24.0. The zero-order valence-electron chi connectivity index (χ0n) is 23.3. The number of carbonyl (C=O) groups excluding carboxylic acids is 2. The fourth-order valence-corrected chi connectivity index (χ4v) is 6.14. The number of hydrogen-bond donors (Lipinski definition) is 2. The first-order chi connectivity index (χ1) is 19.1. The highest BCUT2D eigenvalue weighted by atomic mass is 35.5. The number of halogens is 2. The number of rotatable bonds is 10. The molecule has 2 N–H and O–H groups in total. The molecule has 0 saturated heterocycles. The van der Waals surface area contributed by atoms with Crippen LogP contribution in [0.1, 0.15) is 93.2 Å². The number of carboxylic acid groups (broad SMARTS) is 1. The minimum atomic E-state index is -0.978. The van der Waals surface area contributed by atoms with Gasteiger partial charge in [-0.1, -0.05) is 50.9 Å². The van der Waals surface area contributed by atoms with Crippen LogP contribution in [-0.4, -0.2) is 45.7 Å². The maximum Gasteiger partial charge on any atom is 0.305 e. The van der Waals surface area contributed by atoms with Crippen LogP contribution < -0.4 is 5.32 Å². The van der Waals surface area contributed by atoms with E-state index < -0.39 is 17.4 Å². The van der Waals surface area contributed by atoms with Gasteiger partial charge in [0.25, 0.3) is 11.8 Å². The molecule has 0 aromatic heterocycles. The van der Waals surface area contributed by atoms with Gasteiger partial charge in [-0.2, -0.15) is 0 Å². The molecule has 1 aliphatic heterocycles. The maximum absolute atomic E-state index is 14.2. The van der Waals surface area contributed by atoms with Crippen LogP contribution in [0.15, 0.2) is 47.5 Å². The molecule has 1 spiro atoms. The van der Waals surface area contributed by atoms with E-state index in [-0.39, 0.29) is 35.8 Å². The molecule has 2 aliphatic rings. The Morgan fingerprint density at radius 1 is 1.18 bits per heavy atom. The second-order valence-corrected chi connectivity index (χ2v) is 11.6. The molecule has 1 aliphatic carbocycles. The number of hydrogen-bond acceptors (Lipinski definition) is 4. The summed E-state index contributed by atoms with van der Waals surface area (Å²) in [5, 5.41) is 11.4. The van der Waals surface area contributed by atoms with Crippen molar-refractivity contribution in [3.8, 4) is 0 Å². The number of nitrogens with zero attached hydrogens (tertiary/aromatic N) is 2. The van der Waals surface area contributed by atoms with Crippen molar-refractivity contribution in [2.24, 2.45) is 16.8 Å². The molecule has 0 radical (unpaired) electrons. The average molecular weight is 570 g/mol. The van der Waals surface area contributed by atoms with Gasteiger partial charge in [-0.15, -0.1) is 0 Å². The molecule has 2 aromatic rings. The van der Waals surface area contributed by atoms with Crippen LogP contribution in [0.4, 0.5) is 4.39 Å². The van der Waals surface area contributed by atoms with Gasteiger partial charge in [0.1, 0.15) is 17.2 Å². The molecule has 40 heavy (non-hydrogen) atoms. The molecule has 214 valence electrons. The minimum Gasteiger partial charge on any atom is -0.481 e. The summed E-state index contributed by atoms with van der Waals surface area (Å²) in [6.45, 7) is 6.58. The van der Waals surface area contributed by atoms with Gasteiger partial charge in [0.05, 0.1) is 17.5 Å². The van der Waals surface area contributed by atoms with Crippen molar-refractivity contribution in [1.29, 1.82) is 0 Å². The molecule has 4 rings (SSSR count). The number of benzene rings is 2. The van der Waals surface area contributed by atoms with Crippen molar-refractivity contribution < 1.29 is 23.9 Å². The number of aliphatic imine (C=N–C) groups is 1.